The van der Waals surface area contributed by atoms with Gasteiger partial charge in [0.25, 0.3) is 0 Å². The Morgan fingerprint density at radius 1 is 1.09 bits per heavy atom. The lowest BCUT2D eigenvalue weighted by Gasteiger charge is -2.31. The monoisotopic (exact) mass is 331 g/mol. The molecule has 2 aromatic carbocycles. The highest BCUT2D eigenvalue weighted by Crippen LogP contribution is 2.28. The van der Waals surface area contributed by atoms with Gasteiger partial charge in [-0.3, -0.25) is 0 Å². The third kappa shape index (κ3) is 3.88. The summed E-state index contributed by atoms with van der Waals surface area (Å²) >= 11 is 4.56. The first-order chi connectivity index (χ1) is 11.2. The van der Waals surface area contributed by atoms with Crippen LogP contribution >= 0.6 is 12.2 Å². The third-order valence-corrected chi connectivity index (χ3v) is 4.12. The number of hydrogen-bond donors (Lipinski definition) is 0. The van der Waals surface area contributed by atoms with Crippen molar-refractivity contribution >= 4 is 17.4 Å². The Morgan fingerprint density at radius 2 is 1.78 bits per heavy atom. The Kier molecular flexibility index (Phi) is 4.91. The second kappa shape index (κ2) is 7.09. The van der Waals surface area contributed by atoms with Gasteiger partial charge < -0.3 is 4.74 Å². The van der Waals surface area contributed by atoms with Crippen LogP contribution in [0.25, 0.3) is 11.1 Å². The van der Waals surface area contributed by atoms with Gasteiger partial charge in [-0.2, -0.15) is 0 Å². The molecule has 2 nitrogen and oxygen atoms in total. The molecule has 0 N–H and O–H groups in total. The summed E-state index contributed by atoms with van der Waals surface area (Å²) in [5.74, 6) is -0.629. The predicted molar refractivity (Wildman–Crippen MR) is 88.4 cm³/mol. The van der Waals surface area contributed by atoms with Gasteiger partial charge in [0.1, 0.15) is 11.6 Å². The highest BCUT2D eigenvalue weighted by Gasteiger charge is 2.29. The smallest absolute Gasteiger partial charge is 0.129 e. The van der Waals surface area contributed by atoms with E-state index in [1.807, 2.05) is 6.07 Å². The zero-order valence-corrected chi connectivity index (χ0v) is 13.2. The van der Waals surface area contributed by atoms with Crippen LogP contribution in [0.2, 0.25) is 0 Å². The molecule has 1 aliphatic carbocycles. The number of thiocarbonyl (C=S) groups is 1. The third-order valence-electron chi connectivity index (χ3n) is 4.01. The summed E-state index contributed by atoms with van der Waals surface area (Å²) in [6.45, 7) is 0.230. The molecule has 1 fully saturated rings. The van der Waals surface area contributed by atoms with Gasteiger partial charge in [-0.25, -0.2) is 13.8 Å². The van der Waals surface area contributed by atoms with Crippen LogP contribution in [0, 0.1) is 11.6 Å². The maximum atomic E-state index is 14.2. The normalized spacial score (nSPS) is 19.7. The fraction of sp³-hybridized carbons (Fsp3) is 0.278. The van der Waals surface area contributed by atoms with Crippen molar-refractivity contribution in [3.05, 3.63) is 59.7 Å². The molecule has 0 heterocycles. The van der Waals surface area contributed by atoms with Gasteiger partial charge in [0.15, 0.2) is 0 Å². The molecule has 0 bridgehead atoms. The second-order valence-corrected chi connectivity index (χ2v) is 5.77. The van der Waals surface area contributed by atoms with Crippen molar-refractivity contribution in [2.24, 2.45) is 4.99 Å². The van der Waals surface area contributed by atoms with Crippen molar-refractivity contribution in [3.63, 3.8) is 0 Å². The lowest BCUT2D eigenvalue weighted by molar-refractivity contribution is -0.0192. The molecular formula is C18H15F2NOS. The standard InChI is InChI=1S/C18H15F2NOS/c19-15-5-3-12(4-6-15)13-1-2-14(18(20)7-13)10-22-17-8-16(9-17)21-11-23/h1-7,16-17H,8-10H2/t16-,17-. The van der Waals surface area contributed by atoms with E-state index in [-0.39, 0.29) is 30.4 Å². The predicted octanol–water partition coefficient (Wildman–Crippen LogP) is 4.78. The van der Waals surface area contributed by atoms with Crippen molar-refractivity contribution in [3.8, 4) is 11.1 Å². The Morgan fingerprint density at radius 3 is 2.43 bits per heavy atom. The van der Waals surface area contributed by atoms with E-state index in [9.17, 15) is 8.78 Å². The van der Waals surface area contributed by atoms with Crippen LogP contribution in [-0.2, 0) is 11.3 Å². The molecule has 1 aliphatic rings. The number of isothiocyanates is 1. The molecule has 23 heavy (non-hydrogen) atoms. The molecule has 0 radical (unpaired) electrons. The summed E-state index contributed by atoms with van der Waals surface area (Å²) in [6.07, 6.45) is 1.71. The van der Waals surface area contributed by atoms with Gasteiger partial charge in [-0.05, 0) is 54.4 Å². The highest BCUT2D eigenvalue weighted by atomic mass is 32.1. The number of hydrogen-bond acceptors (Lipinski definition) is 3. The molecule has 2 aromatic rings. The molecule has 1 saturated carbocycles. The minimum Gasteiger partial charge on any atom is -0.373 e. The van der Waals surface area contributed by atoms with Gasteiger partial charge in [-0.1, -0.05) is 24.3 Å². The Labute approximate surface area is 138 Å². The van der Waals surface area contributed by atoms with Crippen LogP contribution in [0.4, 0.5) is 8.78 Å². The number of nitrogens with zero attached hydrogens (tertiary/aromatic N) is 1. The minimum absolute atomic E-state index is 0.100. The fourth-order valence-corrected chi connectivity index (χ4v) is 2.70. The molecule has 0 saturated heterocycles. The maximum Gasteiger partial charge on any atom is 0.129 e. The molecule has 0 aromatic heterocycles. The average molecular weight is 331 g/mol. The first-order valence-electron chi connectivity index (χ1n) is 7.38. The topological polar surface area (TPSA) is 21.6 Å². The first kappa shape index (κ1) is 15.9. The largest absolute Gasteiger partial charge is 0.373 e. The molecule has 0 spiro atoms. The van der Waals surface area contributed by atoms with Crippen molar-refractivity contribution in [2.75, 3.05) is 0 Å². The minimum atomic E-state index is -0.320. The van der Waals surface area contributed by atoms with E-state index >= 15 is 0 Å². The lowest BCUT2D eigenvalue weighted by atomic mass is 9.90. The fourth-order valence-electron chi connectivity index (χ4n) is 2.55. The molecule has 0 aliphatic heterocycles. The zero-order valence-electron chi connectivity index (χ0n) is 12.3. The van der Waals surface area contributed by atoms with Crippen LogP contribution in [0.3, 0.4) is 0 Å². The van der Waals surface area contributed by atoms with Gasteiger partial charge in [0.05, 0.1) is 23.9 Å². The summed E-state index contributed by atoms with van der Waals surface area (Å²) < 4.78 is 32.8. The number of benzene rings is 2. The summed E-state index contributed by atoms with van der Waals surface area (Å²) in [5, 5.41) is 2.37. The number of ether oxygens (including phenoxy) is 1. The van der Waals surface area contributed by atoms with Gasteiger partial charge in [0.2, 0.25) is 0 Å². The maximum absolute atomic E-state index is 14.2. The molecule has 118 valence electrons. The van der Waals surface area contributed by atoms with E-state index in [1.165, 1.54) is 18.2 Å². The van der Waals surface area contributed by atoms with Crippen LogP contribution < -0.4 is 0 Å². The number of aliphatic imine (C=N–C) groups is 1. The lowest BCUT2D eigenvalue weighted by Crippen LogP contribution is -2.34. The first-order valence-corrected chi connectivity index (χ1v) is 7.79. The molecule has 0 amide bonds. The summed E-state index contributed by atoms with van der Waals surface area (Å²) in [4.78, 5) is 3.99. The van der Waals surface area contributed by atoms with Gasteiger partial charge in [-0.15, -0.1) is 0 Å². The summed E-state index contributed by atoms with van der Waals surface area (Å²) in [6, 6.07) is 11.2. The van der Waals surface area contributed by atoms with E-state index < -0.39 is 0 Å². The Hall–Kier alpha value is -1.94. The molecule has 3 rings (SSSR count). The second-order valence-electron chi connectivity index (χ2n) is 5.59. The van der Waals surface area contributed by atoms with Crippen LogP contribution in [-0.4, -0.2) is 17.3 Å². The van der Waals surface area contributed by atoms with Crippen molar-refractivity contribution in [1.29, 1.82) is 0 Å². The quantitative estimate of drug-likeness (QED) is 0.581. The van der Waals surface area contributed by atoms with E-state index in [1.54, 1.807) is 18.2 Å². The summed E-state index contributed by atoms with van der Waals surface area (Å²) in [5.41, 5.74) is 2.00. The van der Waals surface area contributed by atoms with Gasteiger partial charge in [0, 0.05) is 5.56 Å². The number of rotatable bonds is 5. The Bertz CT molecular complexity index is 735. The van der Waals surface area contributed by atoms with E-state index in [2.05, 4.69) is 22.4 Å². The van der Waals surface area contributed by atoms with Crippen LogP contribution in [0.5, 0.6) is 0 Å². The number of halogens is 2. The van der Waals surface area contributed by atoms with Crippen molar-refractivity contribution in [2.45, 2.75) is 31.6 Å². The molecule has 0 atom stereocenters. The zero-order chi connectivity index (χ0) is 16.2. The van der Waals surface area contributed by atoms with Crippen LogP contribution in [0.15, 0.2) is 47.5 Å². The summed E-state index contributed by atoms with van der Waals surface area (Å²) in [7, 11) is 0. The molecule has 5 heteroatoms. The van der Waals surface area contributed by atoms with E-state index in [0.717, 1.165) is 18.4 Å². The Balaban J connectivity index is 1.61. The SMILES string of the molecule is Fc1ccc(-c2ccc(CO[C@H]3C[C@H](N=C=S)C3)c(F)c2)cc1. The van der Waals surface area contributed by atoms with E-state index in [4.69, 9.17) is 4.74 Å². The average Bonchev–Trinajstić information content (AvgIpc) is 2.51. The van der Waals surface area contributed by atoms with E-state index in [0.29, 0.717) is 11.1 Å². The molecule has 0 unspecified atom stereocenters. The van der Waals surface area contributed by atoms with Crippen molar-refractivity contribution < 1.29 is 13.5 Å². The van der Waals surface area contributed by atoms with Crippen molar-refractivity contribution in [1.82, 2.24) is 0 Å². The van der Waals surface area contributed by atoms with Gasteiger partial charge >= 0.3 is 0 Å². The molecular weight excluding hydrogens is 316 g/mol. The highest BCUT2D eigenvalue weighted by molar-refractivity contribution is 7.78. The van der Waals surface area contributed by atoms with Crippen LogP contribution in [0.1, 0.15) is 18.4 Å².